The van der Waals surface area contributed by atoms with E-state index in [1.54, 1.807) is 31.2 Å². The number of anilines is 1. The van der Waals surface area contributed by atoms with Gasteiger partial charge in [-0.05, 0) is 39.0 Å². The maximum absolute atomic E-state index is 12.3. The van der Waals surface area contributed by atoms with E-state index < -0.39 is 22.9 Å². The van der Waals surface area contributed by atoms with Crippen LogP contribution in [0.15, 0.2) is 42.5 Å². The highest BCUT2D eigenvalue weighted by Crippen LogP contribution is 2.20. The van der Waals surface area contributed by atoms with Crippen molar-refractivity contribution in [3.63, 3.8) is 0 Å². The van der Waals surface area contributed by atoms with E-state index in [1.807, 2.05) is 0 Å². The summed E-state index contributed by atoms with van der Waals surface area (Å²) in [6.45, 7) is 4.29. The topological polar surface area (TPSA) is 116 Å². The number of nitro benzene ring substituents is 1. The molecule has 140 valence electrons. The summed E-state index contributed by atoms with van der Waals surface area (Å²) < 4.78 is 5.09. The van der Waals surface area contributed by atoms with Crippen molar-refractivity contribution in [3.05, 3.63) is 69.3 Å². The zero-order valence-corrected chi connectivity index (χ0v) is 15.0. The summed E-state index contributed by atoms with van der Waals surface area (Å²) in [4.78, 5) is 46.5. The number of ether oxygens (including phenoxy) is 1. The van der Waals surface area contributed by atoms with E-state index in [0.29, 0.717) is 16.8 Å². The molecule has 2 aromatic rings. The third-order valence-corrected chi connectivity index (χ3v) is 3.86. The fourth-order valence-electron chi connectivity index (χ4n) is 2.35. The molecule has 0 radical (unpaired) electrons. The fraction of sp³-hybridized carbons (Fsp3) is 0.211. The maximum Gasteiger partial charge on any atom is 0.339 e. The van der Waals surface area contributed by atoms with Gasteiger partial charge in [-0.3, -0.25) is 19.7 Å². The molecule has 1 atom stereocenters. The summed E-state index contributed by atoms with van der Waals surface area (Å²) in [6, 6.07) is 10.4. The van der Waals surface area contributed by atoms with Gasteiger partial charge in [-0.2, -0.15) is 0 Å². The SMILES string of the molecule is CC(=O)c1ccccc1NC(=O)[C@@H](C)OC(=O)c1ccc(C)c([N+](=O)[O-])c1. The van der Waals surface area contributed by atoms with E-state index in [4.69, 9.17) is 4.74 Å². The van der Waals surface area contributed by atoms with Crippen LogP contribution in [0.2, 0.25) is 0 Å². The predicted octanol–water partition coefficient (Wildman–Crippen LogP) is 3.29. The largest absolute Gasteiger partial charge is 0.449 e. The molecule has 1 N–H and O–H groups in total. The first kappa shape index (κ1) is 19.8. The molecule has 0 aromatic heterocycles. The van der Waals surface area contributed by atoms with Crippen molar-refractivity contribution in [1.82, 2.24) is 0 Å². The van der Waals surface area contributed by atoms with Crippen molar-refractivity contribution in [2.24, 2.45) is 0 Å². The van der Waals surface area contributed by atoms with Gasteiger partial charge in [0.05, 0.1) is 16.2 Å². The van der Waals surface area contributed by atoms with E-state index in [1.165, 1.54) is 26.0 Å². The number of esters is 1. The van der Waals surface area contributed by atoms with E-state index in [2.05, 4.69) is 5.32 Å². The maximum atomic E-state index is 12.3. The lowest BCUT2D eigenvalue weighted by atomic mass is 10.1. The van der Waals surface area contributed by atoms with Gasteiger partial charge in [0.1, 0.15) is 0 Å². The van der Waals surface area contributed by atoms with E-state index in [9.17, 15) is 24.5 Å². The van der Waals surface area contributed by atoms with Crippen molar-refractivity contribution in [1.29, 1.82) is 0 Å². The molecule has 0 fully saturated rings. The highest BCUT2D eigenvalue weighted by atomic mass is 16.6. The molecule has 27 heavy (non-hydrogen) atoms. The molecule has 0 aliphatic rings. The van der Waals surface area contributed by atoms with Crippen molar-refractivity contribution in [2.45, 2.75) is 26.9 Å². The summed E-state index contributed by atoms with van der Waals surface area (Å²) in [6.07, 6.45) is -1.17. The van der Waals surface area contributed by atoms with Crippen LogP contribution < -0.4 is 5.32 Å². The van der Waals surface area contributed by atoms with E-state index in [0.717, 1.165) is 6.07 Å². The molecule has 0 unspecified atom stereocenters. The molecule has 0 bridgehead atoms. The van der Waals surface area contributed by atoms with Gasteiger partial charge in [0.15, 0.2) is 11.9 Å². The van der Waals surface area contributed by atoms with Gasteiger partial charge in [0, 0.05) is 17.2 Å². The number of nitro groups is 1. The van der Waals surface area contributed by atoms with Crippen LogP contribution in [-0.2, 0) is 9.53 Å². The number of nitrogens with one attached hydrogen (secondary N) is 1. The number of rotatable bonds is 6. The Morgan fingerprint density at radius 2 is 1.81 bits per heavy atom. The molecule has 0 aliphatic heterocycles. The third-order valence-electron chi connectivity index (χ3n) is 3.86. The molecule has 0 heterocycles. The lowest BCUT2D eigenvalue weighted by Gasteiger charge is -2.15. The zero-order chi connectivity index (χ0) is 20.1. The van der Waals surface area contributed by atoms with Gasteiger partial charge in [0.2, 0.25) is 0 Å². The minimum absolute atomic E-state index is 0.0314. The number of aryl methyl sites for hydroxylation is 1. The smallest absolute Gasteiger partial charge is 0.339 e. The fourth-order valence-corrected chi connectivity index (χ4v) is 2.35. The summed E-state index contributed by atoms with van der Waals surface area (Å²) in [7, 11) is 0. The molecular formula is C19H18N2O6. The van der Waals surface area contributed by atoms with Gasteiger partial charge in [0.25, 0.3) is 11.6 Å². The minimum Gasteiger partial charge on any atom is -0.449 e. The molecule has 0 saturated carbocycles. The monoisotopic (exact) mass is 370 g/mol. The Morgan fingerprint density at radius 3 is 2.44 bits per heavy atom. The van der Waals surface area contributed by atoms with Crippen molar-refractivity contribution < 1.29 is 24.0 Å². The van der Waals surface area contributed by atoms with Crippen LogP contribution in [0.25, 0.3) is 0 Å². The van der Waals surface area contributed by atoms with Gasteiger partial charge < -0.3 is 10.1 Å². The Labute approximate surface area is 155 Å². The van der Waals surface area contributed by atoms with Crippen LogP contribution in [0, 0.1) is 17.0 Å². The highest BCUT2D eigenvalue weighted by molar-refractivity contribution is 6.05. The van der Waals surface area contributed by atoms with Gasteiger partial charge >= 0.3 is 5.97 Å². The number of hydrogen-bond acceptors (Lipinski definition) is 6. The number of ketones is 1. The van der Waals surface area contributed by atoms with Gasteiger partial charge in [-0.15, -0.1) is 0 Å². The molecule has 2 aromatic carbocycles. The van der Waals surface area contributed by atoms with Crippen molar-refractivity contribution >= 4 is 29.0 Å². The molecule has 8 nitrogen and oxygen atoms in total. The van der Waals surface area contributed by atoms with Crippen LogP contribution in [0.3, 0.4) is 0 Å². The number of amides is 1. The van der Waals surface area contributed by atoms with Gasteiger partial charge in [-0.25, -0.2) is 4.79 Å². The number of carbonyl (C=O) groups excluding carboxylic acids is 3. The second-order valence-electron chi connectivity index (χ2n) is 5.90. The lowest BCUT2D eigenvalue weighted by Crippen LogP contribution is -2.30. The molecule has 0 aliphatic carbocycles. The molecule has 1 amide bonds. The van der Waals surface area contributed by atoms with Crippen LogP contribution in [-0.4, -0.2) is 28.7 Å². The average Bonchev–Trinajstić information content (AvgIpc) is 2.61. The van der Waals surface area contributed by atoms with Crippen molar-refractivity contribution in [3.8, 4) is 0 Å². The third kappa shape index (κ3) is 4.75. The molecule has 0 saturated heterocycles. The summed E-state index contributed by atoms with van der Waals surface area (Å²) in [5.74, 6) is -1.71. The van der Waals surface area contributed by atoms with Crippen molar-refractivity contribution in [2.75, 3.05) is 5.32 Å². The van der Waals surface area contributed by atoms with Gasteiger partial charge in [-0.1, -0.05) is 18.2 Å². The quantitative estimate of drug-likeness (QED) is 0.361. The first-order chi connectivity index (χ1) is 12.7. The number of Topliss-reactive ketones (excluding diaryl/α,β-unsaturated/α-hetero) is 1. The lowest BCUT2D eigenvalue weighted by molar-refractivity contribution is -0.385. The number of para-hydroxylation sites is 1. The number of carbonyl (C=O) groups is 3. The molecule has 0 spiro atoms. The Kier molecular flexibility index (Phi) is 6.02. The number of nitrogens with zero attached hydrogens (tertiary/aromatic N) is 1. The highest BCUT2D eigenvalue weighted by Gasteiger charge is 2.22. The van der Waals surface area contributed by atoms with Crippen LogP contribution >= 0.6 is 0 Å². The second-order valence-corrected chi connectivity index (χ2v) is 5.90. The van der Waals surface area contributed by atoms with E-state index in [-0.39, 0.29) is 17.0 Å². The summed E-state index contributed by atoms with van der Waals surface area (Å²) >= 11 is 0. The summed E-state index contributed by atoms with van der Waals surface area (Å²) in [5.41, 5.74) is 0.804. The van der Waals surface area contributed by atoms with E-state index >= 15 is 0 Å². The van der Waals surface area contributed by atoms with Crippen LogP contribution in [0.1, 0.15) is 40.1 Å². The van der Waals surface area contributed by atoms with Crippen LogP contribution in [0.5, 0.6) is 0 Å². The summed E-state index contributed by atoms with van der Waals surface area (Å²) in [5, 5.41) is 13.5. The predicted molar refractivity (Wildman–Crippen MR) is 97.8 cm³/mol. The Balaban J connectivity index is 2.11. The number of hydrogen-bond donors (Lipinski definition) is 1. The Bertz CT molecular complexity index is 922. The second kappa shape index (κ2) is 8.22. The van der Waals surface area contributed by atoms with Crippen LogP contribution in [0.4, 0.5) is 11.4 Å². The molecule has 2 rings (SSSR count). The molecular weight excluding hydrogens is 352 g/mol. The average molecular weight is 370 g/mol. The minimum atomic E-state index is -1.17. The number of benzene rings is 2. The Hall–Kier alpha value is -3.55. The zero-order valence-electron chi connectivity index (χ0n) is 15.0. The molecule has 8 heteroatoms. The Morgan fingerprint density at radius 1 is 1.15 bits per heavy atom. The normalized spacial score (nSPS) is 11.4. The standard InChI is InChI=1S/C19H18N2O6/c1-11-8-9-14(10-17(11)21(25)26)19(24)27-13(3)18(23)20-16-7-5-4-6-15(16)12(2)22/h4-10,13H,1-3H3,(H,20,23)/t13-/m1/s1. The first-order valence-electron chi connectivity index (χ1n) is 8.07. The first-order valence-corrected chi connectivity index (χ1v) is 8.07.